The van der Waals surface area contributed by atoms with Gasteiger partial charge in [-0.2, -0.15) is 4.98 Å². The molecule has 5 nitrogen and oxygen atoms in total. The van der Waals surface area contributed by atoms with Crippen molar-refractivity contribution in [3.8, 4) is 11.4 Å². The maximum Gasteiger partial charge on any atom is 0.243 e. The maximum atomic E-state index is 5.85. The summed E-state index contributed by atoms with van der Waals surface area (Å²) in [4.78, 5) is 8.65. The SMILES string of the molecule is CCC(N)c1nc(-c2cnc3ccsc3c2)no1. The van der Waals surface area contributed by atoms with Crippen LogP contribution in [0, 0.1) is 0 Å². The molecule has 3 heterocycles. The van der Waals surface area contributed by atoms with Gasteiger partial charge in [0.2, 0.25) is 11.7 Å². The Labute approximate surface area is 108 Å². The second-order valence-electron chi connectivity index (χ2n) is 4.00. The lowest BCUT2D eigenvalue weighted by Gasteiger charge is -1.99. The van der Waals surface area contributed by atoms with Crippen LogP contribution in [0.3, 0.4) is 0 Å². The summed E-state index contributed by atoms with van der Waals surface area (Å²) in [5.74, 6) is 1.01. The average Bonchev–Trinajstić information content (AvgIpc) is 3.05. The van der Waals surface area contributed by atoms with Gasteiger partial charge in [0.25, 0.3) is 0 Å². The van der Waals surface area contributed by atoms with Gasteiger partial charge in [0.05, 0.1) is 16.3 Å². The molecule has 0 bridgehead atoms. The highest BCUT2D eigenvalue weighted by Crippen LogP contribution is 2.25. The largest absolute Gasteiger partial charge is 0.337 e. The van der Waals surface area contributed by atoms with Gasteiger partial charge in [-0.15, -0.1) is 11.3 Å². The van der Waals surface area contributed by atoms with Gasteiger partial charge in [-0.1, -0.05) is 12.1 Å². The van der Waals surface area contributed by atoms with Gasteiger partial charge < -0.3 is 10.3 Å². The highest BCUT2D eigenvalue weighted by Gasteiger charge is 2.14. The topological polar surface area (TPSA) is 77.8 Å². The van der Waals surface area contributed by atoms with Crippen LogP contribution < -0.4 is 5.73 Å². The van der Waals surface area contributed by atoms with Crippen molar-refractivity contribution in [2.24, 2.45) is 5.73 Å². The van der Waals surface area contributed by atoms with Crippen molar-refractivity contribution in [2.75, 3.05) is 0 Å². The molecule has 0 aromatic carbocycles. The first-order valence-electron chi connectivity index (χ1n) is 5.70. The molecule has 0 radical (unpaired) electrons. The summed E-state index contributed by atoms with van der Waals surface area (Å²) in [6, 6.07) is 3.79. The van der Waals surface area contributed by atoms with E-state index in [-0.39, 0.29) is 6.04 Å². The summed E-state index contributed by atoms with van der Waals surface area (Å²) in [5.41, 5.74) is 7.68. The minimum Gasteiger partial charge on any atom is -0.337 e. The van der Waals surface area contributed by atoms with Crippen LogP contribution in [0.5, 0.6) is 0 Å². The van der Waals surface area contributed by atoms with Crippen LogP contribution in [0.25, 0.3) is 21.6 Å². The average molecular weight is 260 g/mol. The van der Waals surface area contributed by atoms with Crippen molar-refractivity contribution in [3.63, 3.8) is 0 Å². The molecule has 2 N–H and O–H groups in total. The normalized spacial score (nSPS) is 13.0. The van der Waals surface area contributed by atoms with Gasteiger partial charge in [-0.05, 0) is 23.9 Å². The summed E-state index contributed by atoms with van der Waals surface area (Å²) in [6.45, 7) is 1.98. The zero-order valence-corrected chi connectivity index (χ0v) is 10.6. The Hall–Kier alpha value is -1.79. The summed E-state index contributed by atoms with van der Waals surface area (Å²) in [5, 5.41) is 5.96. The molecule has 0 spiro atoms. The van der Waals surface area contributed by atoms with Gasteiger partial charge in [0, 0.05) is 11.8 Å². The lowest BCUT2D eigenvalue weighted by atomic mass is 10.2. The monoisotopic (exact) mass is 260 g/mol. The zero-order valence-electron chi connectivity index (χ0n) is 9.83. The third-order valence-electron chi connectivity index (χ3n) is 2.76. The molecule has 92 valence electrons. The van der Waals surface area contributed by atoms with Crippen molar-refractivity contribution >= 4 is 21.6 Å². The van der Waals surface area contributed by atoms with Crippen LogP contribution in [-0.4, -0.2) is 15.1 Å². The Kier molecular flexibility index (Phi) is 2.81. The lowest BCUT2D eigenvalue weighted by molar-refractivity contribution is 0.352. The first-order valence-corrected chi connectivity index (χ1v) is 6.58. The van der Waals surface area contributed by atoms with E-state index >= 15 is 0 Å². The number of hydrogen-bond donors (Lipinski definition) is 1. The number of rotatable bonds is 3. The second-order valence-corrected chi connectivity index (χ2v) is 4.95. The van der Waals surface area contributed by atoms with E-state index in [1.165, 1.54) is 0 Å². The number of aromatic nitrogens is 3. The predicted octanol–water partition coefficient (Wildman–Crippen LogP) is 2.76. The molecule has 3 rings (SSSR count). The minimum absolute atomic E-state index is 0.204. The molecular formula is C12H12N4OS. The molecule has 3 aromatic rings. The highest BCUT2D eigenvalue weighted by molar-refractivity contribution is 7.17. The molecule has 0 saturated heterocycles. The zero-order chi connectivity index (χ0) is 12.5. The number of pyridine rings is 1. The molecule has 0 aliphatic heterocycles. The number of hydrogen-bond acceptors (Lipinski definition) is 6. The number of fused-ring (bicyclic) bond motifs is 1. The molecule has 1 atom stereocenters. The fraction of sp³-hybridized carbons (Fsp3) is 0.250. The summed E-state index contributed by atoms with van der Waals surface area (Å²) in [6.07, 6.45) is 2.52. The van der Waals surface area contributed by atoms with Crippen molar-refractivity contribution in [1.82, 2.24) is 15.1 Å². The maximum absolute atomic E-state index is 5.85. The molecule has 1 unspecified atom stereocenters. The number of nitrogens with zero attached hydrogens (tertiary/aromatic N) is 3. The molecule has 0 fully saturated rings. The third kappa shape index (κ3) is 1.89. The van der Waals surface area contributed by atoms with Crippen LogP contribution in [0.15, 0.2) is 28.2 Å². The smallest absolute Gasteiger partial charge is 0.243 e. The fourth-order valence-corrected chi connectivity index (χ4v) is 2.43. The van der Waals surface area contributed by atoms with Gasteiger partial charge in [0.15, 0.2) is 0 Å². The standard InChI is InChI=1S/C12H12N4OS/c1-2-8(13)12-15-11(16-17-12)7-5-10-9(14-6-7)3-4-18-10/h3-6,8H,2,13H2,1H3. The van der Waals surface area contributed by atoms with Crippen molar-refractivity contribution in [2.45, 2.75) is 19.4 Å². The molecule has 0 aliphatic rings. The molecule has 0 aliphatic carbocycles. The Balaban J connectivity index is 2.00. The van der Waals surface area contributed by atoms with Crippen molar-refractivity contribution in [3.05, 3.63) is 29.6 Å². The molecule has 18 heavy (non-hydrogen) atoms. The van der Waals surface area contributed by atoms with E-state index in [9.17, 15) is 0 Å². The number of nitrogens with two attached hydrogens (primary N) is 1. The second kappa shape index (κ2) is 4.47. The van der Waals surface area contributed by atoms with Gasteiger partial charge in [0.1, 0.15) is 0 Å². The summed E-state index contributed by atoms with van der Waals surface area (Å²) < 4.78 is 6.26. The summed E-state index contributed by atoms with van der Waals surface area (Å²) in [7, 11) is 0. The number of thiophene rings is 1. The van der Waals surface area contributed by atoms with Gasteiger partial charge in [-0.25, -0.2) is 0 Å². The highest BCUT2D eigenvalue weighted by atomic mass is 32.1. The van der Waals surface area contributed by atoms with Crippen LogP contribution in [0.2, 0.25) is 0 Å². The molecule has 3 aromatic heterocycles. The summed E-state index contributed by atoms with van der Waals surface area (Å²) >= 11 is 1.64. The van der Waals surface area contributed by atoms with E-state index in [1.54, 1.807) is 17.5 Å². The first-order chi connectivity index (χ1) is 8.78. The van der Waals surface area contributed by atoms with E-state index < -0.39 is 0 Å². The van der Waals surface area contributed by atoms with E-state index in [0.29, 0.717) is 11.7 Å². The van der Waals surface area contributed by atoms with E-state index in [2.05, 4.69) is 15.1 Å². The fourth-order valence-electron chi connectivity index (χ4n) is 1.65. The van der Waals surface area contributed by atoms with E-state index in [0.717, 1.165) is 22.2 Å². The molecule has 0 amide bonds. The van der Waals surface area contributed by atoms with Crippen LogP contribution in [0.4, 0.5) is 0 Å². The Morgan fingerprint density at radius 2 is 2.39 bits per heavy atom. The Bertz CT molecular complexity index is 675. The molecule has 0 saturated carbocycles. The molecule has 6 heteroatoms. The Morgan fingerprint density at radius 1 is 1.50 bits per heavy atom. The van der Waals surface area contributed by atoms with Gasteiger partial charge in [-0.3, -0.25) is 4.98 Å². The minimum atomic E-state index is -0.204. The van der Waals surface area contributed by atoms with E-state index in [1.807, 2.05) is 24.4 Å². The van der Waals surface area contributed by atoms with Crippen molar-refractivity contribution in [1.29, 1.82) is 0 Å². The first kappa shape index (κ1) is 11.3. The van der Waals surface area contributed by atoms with Crippen LogP contribution >= 0.6 is 11.3 Å². The van der Waals surface area contributed by atoms with Crippen LogP contribution in [0.1, 0.15) is 25.3 Å². The van der Waals surface area contributed by atoms with E-state index in [4.69, 9.17) is 10.3 Å². The Morgan fingerprint density at radius 3 is 3.22 bits per heavy atom. The predicted molar refractivity (Wildman–Crippen MR) is 70.1 cm³/mol. The van der Waals surface area contributed by atoms with Gasteiger partial charge >= 0.3 is 0 Å². The van der Waals surface area contributed by atoms with Crippen molar-refractivity contribution < 1.29 is 4.52 Å². The quantitative estimate of drug-likeness (QED) is 0.783. The van der Waals surface area contributed by atoms with Crippen LogP contribution in [-0.2, 0) is 0 Å². The third-order valence-corrected chi connectivity index (χ3v) is 3.61. The lowest BCUT2D eigenvalue weighted by Crippen LogP contribution is -2.08. The molecular weight excluding hydrogens is 248 g/mol.